The number of guanidine groups is 1. The second-order valence-corrected chi connectivity index (χ2v) is 9.27. The fourth-order valence-corrected chi connectivity index (χ4v) is 5.31. The number of aliphatic imine (C=N–C) groups is 1. The Labute approximate surface area is 145 Å². The summed E-state index contributed by atoms with van der Waals surface area (Å²) in [5, 5.41) is 3.38. The van der Waals surface area contributed by atoms with Crippen molar-refractivity contribution in [2.45, 2.75) is 38.6 Å². The number of nitrogens with one attached hydrogen (secondary N) is 1. The van der Waals surface area contributed by atoms with Crippen LogP contribution in [0.4, 0.5) is 0 Å². The van der Waals surface area contributed by atoms with Crippen molar-refractivity contribution in [2.24, 2.45) is 10.4 Å². The van der Waals surface area contributed by atoms with Gasteiger partial charge in [-0.3, -0.25) is 4.99 Å². The molecule has 0 aliphatic carbocycles. The van der Waals surface area contributed by atoms with Crippen LogP contribution in [0.1, 0.15) is 32.6 Å². The Kier molecular flexibility index (Phi) is 5.36. The third kappa shape index (κ3) is 3.86. The number of likely N-dealkylation sites (tertiary alicyclic amines) is 1. The van der Waals surface area contributed by atoms with Crippen LogP contribution in [0, 0.1) is 5.41 Å². The first-order valence-corrected chi connectivity index (χ1v) is 10.9. The van der Waals surface area contributed by atoms with E-state index in [1.807, 2.05) is 0 Å². The van der Waals surface area contributed by atoms with Crippen molar-refractivity contribution in [3.05, 3.63) is 0 Å². The molecule has 1 unspecified atom stereocenters. The van der Waals surface area contributed by atoms with E-state index >= 15 is 0 Å². The van der Waals surface area contributed by atoms with Gasteiger partial charge in [0, 0.05) is 44.2 Å². The van der Waals surface area contributed by atoms with Gasteiger partial charge < -0.3 is 15.0 Å². The van der Waals surface area contributed by atoms with Crippen LogP contribution in [-0.2, 0) is 14.8 Å². The van der Waals surface area contributed by atoms with Gasteiger partial charge in [-0.1, -0.05) is 0 Å². The molecule has 1 spiro atoms. The molecule has 24 heavy (non-hydrogen) atoms. The number of hydrogen-bond donors (Lipinski definition) is 1. The average Bonchev–Trinajstić information content (AvgIpc) is 3.25. The van der Waals surface area contributed by atoms with Gasteiger partial charge in [-0.2, -0.15) is 4.31 Å². The highest BCUT2D eigenvalue weighted by Crippen LogP contribution is 2.38. The molecular formula is C16H30N4O3S. The summed E-state index contributed by atoms with van der Waals surface area (Å²) in [6.07, 6.45) is 5.40. The molecule has 0 amide bonds. The Hall–Kier alpha value is -0.860. The second-order valence-electron chi connectivity index (χ2n) is 7.34. The summed E-state index contributed by atoms with van der Waals surface area (Å²) < 4.78 is 31.0. The summed E-state index contributed by atoms with van der Waals surface area (Å²) in [7, 11) is -3.14. The van der Waals surface area contributed by atoms with Crippen LogP contribution < -0.4 is 5.32 Å². The van der Waals surface area contributed by atoms with Gasteiger partial charge in [0.15, 0.2) is 5.96 Å². The van der Waals surface area contributed by atoms with Gasteiger partial charge in [0.25, 0.3) is 0 Å². The summed E-state index contributed by atoms with van der Waals surface area (Å²) in [5.41, 5.74) is 0.294. The number of nitrogens with zero attached hydrogens (tertiary/aromatic N) is 3. The standard InChI is InChI=1S/C16H30N4O3S/c1-3-17-15(19-9-6-16(12-19)7-10-23-13-16)18-11-14-5-4-8-20(14)24(2,21)22/h14H,3-13H2,1-2H3,(H,17,18)/t14-,16?/m1/s1. The summed E-state index contributed by atoms with van der Waals surface area (Å²) >= 11 is 0. The van der Waals surface area contributed by atoms with E-state index < -0.39 is 10.0 Å². The lowest BCUT2D eigenvalue weighted by molar-refractivity contribution is 0.156. The minimum absolute atomic E-state index is 0.0000308. The van der Waals surface area contributed by atoms with Crippen LogP contribution in [0.2, 0.25) is 0 Å². The van der Waals surface area contributed by atoms with Crippen molar-refractivity contribution < 1.29 is 13.2 Å². The van der Waals surface area contributed by atoms with Crippen molar-refractivity contribution in [1.29, 1.82) is 0 Å². The number of ether oxygens (including phenoxy) is 1. The zero-order valence-corrected chi connectivity index (χ0v) is 15.6. The first-order chi connectivity index (χ1) is 11.4. The van der Waals surface area contributed by atoms with Crippen LogP contribution in [-0.4, -0.2) is 81.8 Å². The predicted octanol–water partition coefficient (Wildman–Crippen LogP) is 0.488. The van der Waals surface area contributed by atoms with Gasteiger partial charge in [0.1, 0.15) is 0 Å². The lowest BCUT2D eigenvalue weighted by atomic mass is 9.87. The van der Waals surface area contributed by atoms with Crippen LogP contribution in [0.25, 0.3) is 0 Å². The summed E-state index contributed by atoms with van der Waals surface area (Å²) in [5.74, 6) is 0.918. The third-order valence-corrected chi connectivity index (χ3v) is 6.79. The Morgan fingerprint density at radius 3 is 2.88 bits per heavy atom. The van der Waals surface area contributed by atoms with Crippen molar-refractivity contribution in [3.8, 4) is 0 Å². The topological polar surface area (TPSA) is 74.2 Å². The van der Waals surface area contributed by atoms with Crippen LogP contribution in [0.3, 0.4) is 0 Å². The van der Waals surface area contributed by atoms with Gasteiger partial charge in [-0.25, -0.2) is 8.42 Å². The SMILES string of the molecule is CCNC(=NC[C@H]1CCCN1S(C)(=O)=O)N1CCC2(CCOC2)C1. The molecule has 8 heteroatoms. The molecule has 0 radical (unpaired) electrons. The van der Waals surface area contributed by atoms with Crippen LogP contribution in [0.5, 0.6) is 0 Å². The quantitative estimate of drug-likeness (QED) is 0.585. The third-order valence-electron chi connectivity index (χ3n) is 5.46. The zero-order valence-electron chi connectivity index (χ0n) is 14.8. The molecule has 3 aliphatic heterocycles. The molecule has 138 valence electrons. The van der Waals surface area contributed by atoms with Gasteiger partial charge in [-0.15, -0.1) is 0 Å². The fourth-order valence-electron chi connectivity index (χ4n) is 4.13. The van der Waals surface area contributed by atoms with Gasteiger partial charge in [-0.05, 0) is 32.6 Å². The van der Waals surface area contributed by atoms with Gasteiger partial charge in [0.05, 0.1) is 19.4 Å². The van der Waals surface area contributed by atoms with E-state index in [2.05, 4.69) is 17.1 Å². The fraction of sp³-hybridized carbons (Fsp3) is 0.938. The van der Waals surface area contributed by atoms with E-state index in [1.165, 1.54) is 6.26 Å². The second kappa shape index (κ2) is 7.17. The normalized spacial score (nSPS) is 32.2. The Morgan fingerprint density at radius 2 is 2.21 bits per heavy atom. The maximum Gasteiger partial charge on any atom is 0.211 e. The number of sulfonamides is 1. The molecule has 3 heterocycles. The molecule has 3 rings (SSSR count). The molecule has 0 aromatic carbocycles. The van der Waals surface area contributed by atoms with Crippen LogP contribution in [0.15, 0.2) is 4.99 Å². The van der Waals surface area contributed by atoms with E-state index in [4.69, 9.17) is 9.73 Å². The predicted molar refractivity (Wildman–Crippen MR) is 94.6 cm³/mol. The first-order valence-electron chi connectivity index (χ1n) is 9.01. The summed E-state index contributed by atoms with van der Waals surface area (Å²) in [6.45, 7) is 7.75. The highest BCUT2D eigenvalue weighted by molar-refractivity contribution is 7.88. The molecule has 0 aromatic heterocycles. The zero-order chi connectivity index (χ0) is 17.2. The smallest absolute Gasteiger partial charge is 0.211 e. The van der Waals surface area contributed by atoms with Gasteiger partial charge >= 0.3 is 0 Å². The minimum atomic E-state index is -3.14. The first kappa shape index (κ1) is 17.9. The summed E-state index contributed by atoms with van der Waals surface area (Å²) in [4.78, 5) is 7.10. The van der Waals surface area contributed by atoms with E-state index in [-0.39, 0.29) is 6.04 Å². The Bertz CT molecular complexity index is 572. The van der Waals surface area contributed by atoms with Crippen molar-refractivity contribution in [1.82, 2.24) is 14.5 Å². The highest BCUT2D eigenvalue weighted by Gasteiger charge is 2.42. The van der Waals surface area contributed by atoms with Gasteiger partial charge in [0.2, 0.25) is 10.0 Å². The van der Waals surface area contributed by atoms with Crippen molar-refractivity contribution in [2.75, 3.05) is 52.2 Å². The minimum Gasteiger partial charge on any atom is -0.381 e. The molecule has 1 N–H and O–H groups in total. The molecule has 2 atom stereocenters. The monoisotopic (exact) mass is 358 g/mol. The van der Waals surface area contributed by atoms with E-state index in [1.54, 1.807) is 4.31 Å². The largest absolute Gasteiger partial charge is 0.381 e. The molecule has 0 saturated carbocycles. The summed E-state index contributed by atoms with van der Waals surface area (Å²) in [6, 6.07) is 0.0000308. The molecule has 3 saturated heterocycles. The lowest BCUT2D eigenvalue weighted by Crippen LogP contribution is -2.43. The highest BCUT2D eigenvalue weighted by atomic mass is 32.2. The number of rotatable bonds is 4. The lowest BCUT2D eigenvalue weighted by Gasteiger charge is -2.26. The molecule has 7 nitrogen and oxygen atoms in total. The van der Waals surface area contributed by atoms with E-state index in [0.717, 1.165) is 64.5 Å². The molecular weight excluding hydrogens is 328 g/mol. The molecule has 3 fully saturated rings. The average molecular weight is 359 g/mol. The Morgan fingerprint density at radius 1 is 1.38 bits per heavy atom. The van der Waals surface area contributed by atoms with E-state index in [9.17, 15) is 8.42 Å². The molecule has 3 aliphatic rings. The number of hydrogen-bond acceptors (Lipinski definition) is 4. The molecule has 0 bridgehead atoms. The maximum absolute atomic E-state index is 11.9. The van der Waals surface area contributed by atoms with Crippen LogP contribution >= 0.6 is 0 Å². The van der Waals surface area contributed by atoms with Crippen molar-refractivity contribution in [3.63, 3.8) is 0 Å². The maximum atomic E-state index is 11.9. The van der Waals surface area contributed by atoms with E-state index in [0.29, 0.717) is 18.5 Å². The Balaban J connectivity index is 1.66. The van der Waals surface area contributed by atoms with Crippen molar-refractivity contribution >= 4 is 16.0 Å². The molecule has 0 aromatic rings.